The molecular formula is C99H132BBrClN15O11S4Si2Y. The quantitative estimate of drug-likeness (QED) is 0.0536. The van der Waals surface area contributed by atoms with Crippen molar-refractivity contribution in [2.45, 2.75) is 211 Å². The summed E-state index contributed by atoms with van der Waals surface area (Å²) in [7, 11) is -12.6. The number of aryl methyl sites for hydroxylation is 12. The van der Waals surface area contributed by atoms with Crippen molar-refractivity contribution < 1.29 is 81.2 Å². The van der Waals surface area contributed by atoms with Crippen LogP contribution in [0.25, 0.3) is 44.1 Å². The topological polar surface area (TPSA) is 420 Å². The van der Waals surface area contributed by atoms with Crippen molar-refractivity contribution in [1.29, 1.82) is 0 Å². The first kappa shape index (κ1) is 123. The number of hydrogen-bond donors (Lipinski definition) is 5. The number of benzene rings is 4. The normalized spacial score (nSPS) is 12.0. The van der Waals surface area contributed by atoms with Gasteiger partial charge in [0.2, 0.25) is 0 Å². The van der Waals surface area contributed by atoms with Crippen LogP contribution in [-0.4, -0.2) is 125 Å². The van der Waals surface area contributed by atoms with Crippen molar-refractivity contribution in [2.75, 3.05) is 17.2 Å². The van der Waals surface area contributed by atoms with Gasteiger partial charge in [0.1, 0.15) is 39.2 Å². The van der Waals surface area contributed by atoms with Gasteiger partial charge in [0, 0.05) is 143 Å². The Morgan fingerprint density at radius 3 is 1.21 bits per heavy atom. The zero-order valence-corrected chi connectivity index (χ0v) is 88.4. The molecule has 721 valence electrons. The van der Waals surface area contributed by atoms with Crippen molar-refractivity contribution in [1.82, 2.24) is 57.9 Å². The summed E-state index contributed by atoms with van der Waals surface area (Å²) in [5.41, 5.74) is 37.8. The van der Waals surface area contributed by atoms with E-state index in [1.807, 2.05) is 166 Å². The van der Waals surface area contributed by atoms with E-state index in [1.54, 1.807) is 153 Å². The molecule has 26 nitrogen and oxygen atoms in total. The number of halogens is 2. The standard InChI is InChI=1S/C21H25BN2O4S.C15H13BrN2O2S.C15H14N2O2S.C11H16N2Si.C8H8N2.C7H7ClO2S.C7H10N2.C6H8N2.C5H10Si.4CH4.H3N.H2O.Y/c1-14-7-9-16(10-8-14)29(25,26)24-13-18(17-11-15(2)12-23-19(17)24)22-27-20(3,4)21(5,6)28-22;1-10-3-5-12(6-4-10)21(19,20)18-9-14(16)13-7-11(2)8-17-15(13)18;1-11-3-5-14(6-4-11)20(18,19)17-8-7-13-9-12(2)10-16-15(13)17;1-9-7-10(11(12)13-8-9)5-6-14(2,3)4;1-6-4-7-2-3-9-8(7)10-5-6;1-6-2-4-7(5-3-6)11(8,9)10;1-5-3-6(2)7(8)9-4-5;1-5-2-3-6(7)8-4-5;1-5-6(2,3)4;;;;;;;/h7-13H,1-6H3;3-9H,1-2H3;3-10H,1-2H3;7-8H,1-4H3,(H2,12,13);2-5H,1H3,(H,9,10);2-5H,1H3;3-4H,1-2H3,(H2,8,9);2-4H,1H3,(H2,7,8);1H,2-4H3;4*1H4;1H3;1H2;. The van der Waals surface area contributed by atoms with E-state index < -0.39 is 73.6 Å². The minimum absolute atomic E-state index is 0. The Kier molecular flexibility index (Phi) is 47.0. The van der Waals surface area contributed by atoms with E-state index in [-0.39, 0.29) is 93.6 Å². The summed E-state index contributed by atoms with van der Waals surface area (Å²) in [6.07, 6.45) is 23.8. The van der Waals surface area contributed by atoms with Crippen LogP contribution in [0.5, 0.6) is 0 Å². The maximum Gasteiger partial charge on any atom is 0.497 e. The van der Waals surface area contributed by atoms with Crippen molar-refractivity contribution in [3.8, 4) is 23.4 Å². The fraction of sp³-hybridized carbons (Fsp3) is 0.283. The summed E-state index contributed by atoms with van der Waals surface area (Å²) in [5, 5.41) is 3.49. The average molecular weight is 2110 g/mol. The average Bonchev–Trinajstić information content (AvgIpc) is 1.58. The SMILES string of the molecule is C.C.C.C.C#C[Si](C)(C)C.Cc1ccc(N)nc1.Cc1ccc(S(=O)(=O)Cl)cc1.Cc1ccc(S(=O)(=O)n2cc(B3OC(C)(C)C(C)(C)O3)c3cc(C)cnc32)cc1.Cc1ccc(S(=O)(=O)n2cc(Br)c3cc(C)cnc32)cc1.Cc1ccc(S(=O)(=O)n2ccc3cc(C)cnc32)cc1.Cc1cnc(N)c(C#C[Si](C)(C)C)c1.Cc1cnc(N)c(C)c1.Cc1cnc2[nH]ccc2c1.N.O.[Y]. The molecule has 0 atom stereocenters. The van der Waals surface area contributed by atoms with Gasteiger partial charge >= 0.3 is 7.12 Å². The van der Waals surface area contributed by atoms with E-state index in [1.165, 1.54) is 35.0 Å². The number of nitrogens with one attached hydrogen (secondary N) is 1. The van der Waals surface area contributed by atoms with Gasteiger partial charge in [0.05, 0.1) is 36.3 Å². The van der Waals surface area contributed by atoms with Crippen molar-refractivity contribution >= 4 is 156 Å². The summed E-state index contributed by atoms with van der Waals surface area (Å²) < 4.78 is 116. The van der Waals surface area contributed by atoms with Gasteiger partial charge in [-0.2, -0.15) is 0 Å². The Morgan fingerprint density at radius 1 is 0.437 bits per heavy atom. The molecule has 12 heterocycles. The maximum atomic E-state index is 13.4. The first-order valence-corrected chi connectivity index (χ1v) is 54.9. The molecule has 135 heavy (non-hydrogen) atoms. The van der Waals surface area contributed by atoms with E-state index in [0.29, 0.717) is 49.7 Å². The number of hydrogen-bond acceptors (Lipinski definition) is 21. The first-order chi connectivity index (χ1) is 59.6. The van der Waals surface area contributed by atoms with Crippen LogP contribution in [0, 0.1) is 107 Å². The van der Waals surface area contributed by atoms with Crippen molar-refractivity contribution in [2.24, 2.45) is 0 Å². The molecule has 1 aliphatic rings. The molecule has 0 bridgehead atoms. The Balaban J connectivity index is 0.000000783. The smallest absolute Gasteiger partial charge is 0.412 e. The summed E-state index contributed by atoms with van der Waals surface area (Å²) >= 11 is 3.40. The number of nitrogen functional groups attached to an aromatic ring is 3. The molecule has 0 aliphatic carbocycles. The summed E-state index contributed by atoms with van der Waals surface area (Å²) in [5.74, 6) is 4.85. The number of terminal acetylenes is 1. The summed E-state index contributed by atoms with van der Waals surface area (Å²) in [4.78, 5) is 32.9. The second kappa shape index (κ2) is 51.7. The number of aromatic nitrogens is 11. The molecule has 15 aromatic rings. The second-order valence-corrected chi connectivity index (χ2v) is 52.4. The van der Waals surface area contributed by atoms with Crippen LogP contribution in [0.4, 0.5) is 17.5 Å². The minimum Gasteiger partial charge on any atom is -0.412 e. The molecule has 11 aromatic heterocycles. The van der Waals surface area contributed by atoms with E-state index >= 15 is 0 Å². The third-order valence-corrected chi connectivity index (χ3v) is 28.2. The van der Waals surface area contributed by atoms with Gasteiger partial charge in [-0.25, -0.2) is 80.5 Å². The molecule has 36 heteroatoms. The number of nitrogens with two attached hydrogens (primary N) is 3. The molecule has 16 rings (SSSR count). The molecule has 4 aromatic carbocycles. The Morgan fingerprint density at radius 2 is 0.800 bits per heavy atom. The molecular weight excluding hydrogens is 1970 g/mol. The largest absolute Gasteiger partial charge is 0.497 e. The minimum atomic E-state index is -3.82. The Bertz CT molecular complexity index is 7010. The Hall–Kier alpha value is -10.4. The van der Waals surface area contributed by atoms with Gasteiger partial charge in [-0.1, -0.05) is 158 Å². The van der Waals surface area contributed by atoms with E-state index in [4.69, 9.17) is 43.6 Å². The van der Waals surface area contributed by atoms with E-state index in [2.05, 4.69) is 118 Å². The number of anilines is 3. The zero-order valence-electron chi connectivity index (χ0n) is 78.0. The predicted molar refractivity (Wildman–Crippen MR) is 566 cm³/mol. The van der Waals surface area contributed by atoms with Crippen LogP contribution in [-0.2, 0) is 81.1 Å². The second-order valence-electron chi connectivity index (χ2n) is 34.0. The van der Waals surface area contributed by atoms with Gasteiger partial charge in [0.25, 0.3) is 39.1 Å². The van der Waals surface area contributed by atoms with Crippen LogP contribution >= 0.6 is 26.6 Å². The molecule has 0 spiro atoms. The number of pyridine rings is 7. The van der Waals surface area contributed by atoms with E-state index in [0.717, 1.165) is 83.2 Å². The monoisotopic (exact) mass is 2100 g/mol. The van der Waals surface area contributed by atoms with Gasteiger partial charge in [0.15, 0.2) is 16.9 Å². The number of nitrogens with zero attached hydrogens (tertiary/aromatic N) is 10. The molecule has 0 saturated carbocycles. The molecule has 0 unspecified atom stereocenters. The summed E-state index contributed by atoms with van der Waals surface area (Å²) in [6.45, 7) is 44.3. The van der Waals surface area contributed by atoms with Gasteiger partial charge in [-0.05, 0) is 268 Å². The van der Waals surface area contributed by atoms with Crippen molar-refractivity contribution in [3.63, 3.8) is 0 Å². The molecule has 1 aliphatic heterocycles. The molecule has 1 radical (unpaired) electrons. The van der Waals surface area contributed by atoms with Gasteiger partial charge in [-0.15, -0.1) is 17.5 Å². The van der Waals surface area contributed by atoms with Crippen LogP contribution < -0.4 is 28.8 Å². The molecule has 12 N–H and O–H groups in total. The van der Waals surface area contributed by atoms with Crippen LogP contribution in [0.3, 0.4) is 0 Å². The number of fused-ring (bicyclic) bond motifs is 4. The number of rotatable bonds is 8. The third kappa shape index (κ3) is 34.4. The number of H-pyrrole nitrogens is 1. The van der Waals surface area contributed by atoms with Gasteiger partial charge in [-0.3, -0.25) is 0 Å². The maximum absolute atomic E-state index is 13.4. The summed E-state index contributed by atoms with van der Waals surface area (Å²) in [6, 6.07) is 46.1. The Labute approximate surface area is 841 Å². The molecule has 0 amide bonds. The van der Waals surface area contributed by atoms with Crippen LogP contribution in [0.2, 0.25) is 39.3 Å². The van der Waals surface area contributed by atoms with Gasteiger partial charge < -0.3 is 43.1 Å². The van der Waals surface area contributed by atoms with Crippen LogP contribution in [0.15, 0.2) is 250 Å². The fourth-order valence-electron chi connectivity index (χ4n) is 11.5. The van der Waals surface area contributed by atoms with E-state index in [9.17, 15) is 33.7 Å². The number of aromatic amines is 1. The molecule has 1 saturated heterocycles. The van der Waals surface area contributed by atoms with Crippen LogP contribution in [0.1, 0.15) is 130 Å². The third-order valence-electron chi connectivity index (χ3n) is 19.4. The van der Waals surface area contributed by atoms with Crippen molar-refractivity contribution in [3.05, 3.63) is 303 Å². The fourth-order valence-corrected chi connectivity index (χ4v) is 17.4. The first-order valence-electron chi connectivity index (χ1n) is 40.5. The zero-order chi connectivity index (χ0) is 95.0. The predicted octanol–water partition coefficient (Wildman–Crippen LogP) is 21.4. The molecule has 1 fully saturated rings.